The summed E-state index contributed by atoms with van der Waals surface area (Å²) < 4.78 is 37.7. The number of benzene rings is 2. The van der Waals surface area contributed by atoms with E-state index in [1.54, 1.807) is 24.3 Å². The van der Waals surface area contributed by atoms with Crippen molar-refractivity contribution in [2.75, 3.05) is 0 Å². The summed E-state index contributed by atoms with van der Waals surface area (Å²) in [5, 5.41) is 0. The molecule has 0 nitrogen and oxygen atoms in total. The van der Waals surface area contributed by atoms with Gasteiger partial charge < -0.3 is 0 Å². The highest BCUT2D eigenvalue weighted by Crippen LogP contribution is 2.32. The predicted molar refractivity (Wildman–Crippen MR) is 60.5 cm³/mol. The third-order valence-electron chi connectivity index (χ3n) is 2.56. The first-order valence-electron chi connectivity index (χ1n) is 5.13. The van der Waals surface area contributed by atoms with Crippen molar-refractivity contribution in [3.05, 3.63) is 59.7 Å². The maximum atomic E-state index is 12.6. The van der Waals surface area contributed by atoms with Crippen molar-refractivity contribution in [1.29, 1.82) is 0 Å². The third kappa shape index (κ3) is 2.49. The number of aryl methyl sites for hydroxylation is 1. The average molecular weight is 235 g/mol. The number of hydrogen-bond acceptors (Lipinski definition) is 0. The normalized spacial score (nSPS) is 11.5. The number of rotatable bonds is 1. The molecule has 0 unspecified atom stereocenters. The van der Waals surface area contributed by atoms with Gasteiger partial charge in [0.25, 0.3) is 0 Å². The molecule has 0 aliphatic rings. The highest BCUT2D eigenvalue weighted by Gasteiger charge is 2.30. The van der Waals surface area contributed by atoms with Gasteiger partial charge in [-0.25, -0.2) is 0 Å². The van der Waals surface area contributed by atoms with Crippen LogP contribution in [0.4, 0.5) is 13.2 Å². The van der Waals surface area contributed by atoms with Gasteiger partial charge in [0.05, 0.1) is 5.56 Å². The summed E-state index contributed by atoms with van der Waals surface area (Å²) in [7, 11) is 0. The lowest BCUT2D eigenvalue weighted by Crippen LogP contribution is -2.04. The second-order valence-electron chi connectivity index (χ2n) is 3.79. The second kappa shape index (κ2) is 4.24. The molecule has 0 bridgehead atoms. The smallest absolute Gasteiger partial charge is 0.166 e. The lowest BCUT2D eigenvalue weighted by atomic mass is 9.99. The minimum Gasteiger partial charge on any atom is -0.166 e. The van der Waals surface area contributed by atoms with E-state index in [4.69, 9.17) is 0 Å². The molecule has 17 heavy (non-hydrogen) atoms. The van der Waals surface area contributed by atoms with Gasteiger partial charge in [-0.05, 0) is 41.8 Å². The van der Waals surface area contributed by atoms with Crippen molar-refractivity contribution in [2.45, 2.75) is 13.1 Å². The third-order valence-corrected chi connectivity index (χ3v) is 2.56. The molecule has 0 aliphatic heterocycles. The summed E-state index contributed by atoms with van der Waals surface area (Å²) in [5.41, 5.74) is 1.55. The van der Waals surface area contributed by atoms with Crippen molar-refractivity contribution < 1.29 is 13.2 Å². The maximum Gasteiger partial charge on any atom is 0.416 e. The van der Waals surface area contributed by atoms with E-state index in [9.17, 15) is 13.2 Å². The molecule has 2 aromatic carbocycles. The standard InChI is InChI=1S/C14H10F3/c1-10-5-2-3-8-13(10)11-6-4-7-12(9-11)14(15,16)17/h2-4,6-9H,1H3. The van der Waals surface area contributed by atoms with Gasteiger partial charge in [-0.3, -0.25) is 0 Å². The molecule has 0 spiro atoms. The highest BCUT2D eigenvalue weighted by molar-refractivity contribution is 5.67. The Morgan fingerprint density at radius 3 is 2.47 bits per heavy atom. The molecule has 87 valence electrons. The van der Waals surface area contributed by atoms with Crippen LogP contribution in [0.5, 0.6) is 0 Å². The predicted octanol–water partition coefficient (Wildman–Crippen LogP) is 4.48. The molecule has 0 atom stereocenters. The molecular formula is C14H10F3. The van der Waals surface area contributed by atoms with Crippen LogP contribution < -0.4 is 0 Å². The van der Waals surface area contributed by atoms with Crippen LogP contribution in [-0.4, -0.2) is 0 Å². The zero-order valence-corrected chi connectivity index (χ0v) is 9.18. The van der Waals surface area contributed by atoms with E-state index in [0.717, 1.165) is 23.3 Å². The van der Waals surface area contributed by atoms with Crippen molar-refractivity contribution >= 4 is 0 Å². The Labute approximate surface area is 97.7 Å². The Morgan fingerprint density at radius 1 is 1.06 bits per heavy atom. The highest BCUT2D eigenvalue weighted by atomic mass is 19.4. The monoisotopic (exact) mass is 235 g/mol. The summed E-state index contributed by atoms with van der Waals surface area (Å²) in [6, 6.07) is 13.6. The first-order chi connectivity index (χ1) is 7.98. The lowest BCUT2D eigenvalue weighted by molar-refractivity contribution is -0.137. The Morgan fingerprint density at radius 2 is 1.82 bits per heavy atom. The Hall–Kier alpha value is -1.77. The van der Waals surface area contributed by atoms with Crippen LogP contribution in [0.1, 0.15) is 11.1 Å². The fourth-order valence-electron chi connectivity index (χ4n) is 1.70. The fourth-order valence-corrected chi connectivity index (χ4v) is 1.70. The van der Waals surface area contributed by atoms with Crippen LogP contribution in [0.25, 0.3) is 11.1 Å². The zero-order valence-electron chi connectivity index (χ0n) is 9.18. The molecule has 0 saturated carbocycles. The van der Waals surface area contributed by atoms with E-state index < -0.39 is 11.7 Å². The molecule has 0 amide bonds. The molecule has 0 fully saturated rings. The molecule has 1 radical (unpaired) electrons. The fraction of sp³-hybridized carbons (Fsp3) is 0.143. The Balaban J connectivity index is 2.51. The Kier molecular flexibility index (Phi) is 2.92. The van der Waals surface area contributed by atoms with Crippen LogP contribution >= 0.6 is 0 Å². The van der Waals surface area contributed by atoms with Gasteiger partial charge in [-0.1, -0.05) is 30.3 Å². The molecule has 0 aromatic heterocycles. The van der Waals surface area contributed by atoms with Crippen LogP contribution in [0.15, 0.2) is 42.5 Å². The quantitative estimate of drug-likeness (QED) is 0.683. The Bertz CT molecular complexity index is 527. The van der Waals surface area contributed by atoms with Crippen molar-refractivity contribution in [3.8, 4) is 11.1 Å². The van der Waals surface area contributed by atoms with Gasteiger partial charge in [0, 0.05) is 0 Å². The van der Waals surface area contributed by atoms with Crippen molar-refractivity contribution in [2.24, 2.45) is 0 Å². The summed E-state index contributed by atoms with van der Waals surface area (Å²) in [6.45, 7) is 1.83. The number of hydrogen-bond donors (Lipinski definition) is 0. The van der Waals surface area contributed by atoms with E-state index in [0.29, 0.717) is 5.56 Å². The minimum atomic E-state index is -4.30. The van der Waals surface area contributed by atoms with Crippen LogP contribution in [0.2, 0.25) is 0 Å². The van der Waals surface area contributed by atoms with Crippen LogP contribution in [0.3, 0.4) is 0 Å². The topological polar surface area (TPSA) is 0 Å². The summed E-state index contributed by atoms with van der Waals surface area (Å²) in [6.07, 6.45) is -4.30. The molecule has 2 aromatic rings. The largest absolute Gasteiger partial charge is 0.416 e. The average Bonchev–Trinajstić information content (AvgIpc) is 2.29. The number of halogens is 3. The summed E-state index contributed by atoms with van der Waals surface area (Å²) >= 11 is 0. The van der Waals surface area contributed by atoms with Gasteiger partial charge in [-0.2, -0.15) is 13.2 Å². The zero-order chi connectivity index (χ0) is 12.5. The lowest BCUT2D eigenvalue weighted by Gasteiger charge is -2.10. The van der Waals surface area contributed by atoms with Crippen LogP contribution in [-0.2, 0) is 6.18 Å². The van der Waals surface area contributed by atoms with Crippen molar-refractivity contribution in [1.82, 2.24) is 0 Å². The van der Waals surface area contributed by atoms with E-state index in [-0.39, 0.29) is 0 Å². The summed E-state index contributed by atoms with van der Waals surface area (Å²) in [5.74, 6) is 0. The SMILES string of the molecule is Cc1[c]cccc1-c1cccc(C(F)(F)F)c1. The number of alkyl halides is 3. The minimum absolute atomic E-state index is 0.564. The molecule has 0 heterocycles. The molecule has 0 saturated heterocycles. The molecule has 2 rings (SSSR count). The van der Waals surface area contributed by atoms with Gasteiger partial charge >= 0.3 is 6.18 Å². The second-order valence-corrected chi connectivity index (χ2v) is 3.79. The molecular weight excluding hydrogens is 225 g/mol. The van der Waals surface area contributed by atoms with Crippen molar-refractivity contribution in [3.63, 3.8) is 0 Å². The van der Waals surface area contributed by atoms with E-state index >= 15 is 0 Å². The van der Waals surface area contributed by atoms with Crippen LogP contribution in [0, 0.1) is 13.0 Å². The molecule has 3 heteroatoms. The van der Waals surface area contributed by atoms with E-state index in [1.165, 1.54) is 6.07 Å². The van der Waals surface area contributed by atoms with Gasteiger partial charge in [0.2, 0.25) is 0 Å². The van der Waals surface area contributed by atoms with Gasteiger partial charge in [-0.15, -0.1) is 0 Å². The molecule has 0 aliphatic carbocycles. The van der Waals surface area contributed by atoms with E-state index in [1.807, 2.05) is 6.92 Å². The molecule has 0 N–H and O–H groups in total. The summed E-state index contributed by atoms with van der Waals surface area (Å²) in [4.78, 5) is 0. The van der Waals surface area contributed by atoms with Gasteiger partial charge in [0.1, 0.15) is 0 Å². The van der Waals surface area contributed by atoms with Gasteiger partial charge in [0.15, 0.2) is 0 Å². The maximum absolute atomic E-state index is 12.6. The first-order valence-corrected chi connectivity index (χ1v) is 5.13. The van der Waals surface area contributed by atoms with E-state index in [2.05, 4.69) is 6.07 Å². The first kappa shape index (κ1) is 11.7.